The van der Waals surface area contributed by atoms with Crippen molar-refractivity contribution < 1.29 is 18.3 Å². The summed E-state index contributed by atoms with van der Waals surface area (Å²) in [4.78, 5) is 0. The fourth-order valence-electron chi connectivity index (χ4n) is 1.58. The molecule has 0 aliphatic carbocycles. The minimum atomic E-state index is -2.96. The van der Waals surface area contributed by atoms with Crippen molar-refractivity contribution >= 4 is 21.4 Å². The second-order valence-electron chi connectivity index (χ2n) is 4.30. The number of halogens is 1. The Kier molecular flexibility index (Phi) is 6.10. The number of aliphatic hydroxyl groups is 1. The monoisotopic (exact) mass is 306 g/mol. The molecule has 4 nitrogen and oxygen atoms in total. The van der Waals surface area contributed by atoms with E-state index in [2.05, 4.69) is 0 Å². The molecular weight excluding hydrogens is 288 g/mol. The van der Waals surface area contributed by atoms with Gasteiger partial charge in [0.15, 0.2) is 0 Å². The Morgan fingerprint density at radius 2 is 2.11 bits per heavy atom. The van der Waals surface area contributed by atoms with Gasteiger partial charge < -0.3 is 9.84 Å². The molecule has 1 N–H and O–H groups in total. The number of aliphatic hydroxyl groups excluding tert-OH is 1. The van der Waals surface area contributed by atoms with Crippen molar-refractivity contribution in [2.24, 2.45) is 0 Å². The van der Waals surface area contributed by atoms with Gasteiger partial charge in [0.2, 0.25) is 0 Å². The minimum absolute atomic E-state index is 0.112. The van der Waals surface area contributed by atoms with E-state index in [4.69, 9.17) is 16.3 Å². The van der Waals surface area contributed by atoms with Crippen molar-refractivity contribution in [2.75, 3.05) is 18.1 Å². The van der Waals surface area contributed by atoms with Gasteiger partial charge in [-0.2, -0.15) is 0 Å². The lowest BCUT2D eigenvalue weighted by molar-refractivity contribution is 0.191. The van der Waals surface area contributed by atoms with Crippen molar-refractivity contribution in [3.63, 3.8) is 0 Å². The minimum Gasteiger partial charge on any atom is -0.493 e. The van der Waals surface area contributed by atoms with Gasteiger partial charge in [0, 0.05) is 16.3 Å². The zero-order valence-corrected chi connectivity index (χ0v) is 12.7. The zero-order valence-electron chi connectivity index (χ0n) is 11.1. The summed E-state index contributed by atoms with van der Waals surface area (Å²) in [5.41, 5.74) is 0.603. The molecule has 0 saturated heterocycles. The second-order valence-corrected chi connectivity index (χ2v) is 7.21. The fraction of sp³-hybridized carbons (Fsp3) is 0.538. The molecule has 0 aliphatic rings. The van der Waals surface area contributed by atoms with Gasteiger partial charge in [-0.25, -0.2) is 8.42 Å². The molecule has 0 heterocycles. The summed E-state index contributed by atoms with van der Waals surface area (Å²) in [5, 5.41) is 10.1. The maximum atomic E-state index is 11.3. The molecule has 108 valence electrons. The van der Waals surface area contributed by atoms with E-state index in [-0.39, 0.29) is 11.5 Å². The molecule has 0 aliphatic heterocycles. The highest BCUT2D eigenvalue weighted by Crippen LogP contribution is 2.28. The van der Waals surface area contributed by atoms with Crippen molar-refractivity contribution in [3.8, 4) is 5.75 Å². The Morgan fingerprint density at radius 1 is 1.42 bits per heavy atom. The van der Waals surface area contributed by atoms with Crippen LogP contribution in [0.3, 0.4) is 0 Å². The number of hydrogen-bond acceptors (Lipinski definition) is 4. The fourth-order valence-corrected chi connectivity index (χ4v) is 2.61. The molecule has 1 rings (SSSR count). The molecule has 1 unspecified atom stereocenters. The van der Waals surface area contributed by atoms with E-state index in [0.29, 0.717) is 29.4 Å². The Hall–Kier alpha value is -0.780. The predicted molar refractivity (Wildman–Crippen MR) is 76.5 cm³/mol. The molecule has 6 heteroatoms. The van der Waals surface area contributed by atoms with E-state index in [1.165, 1.54) is 0 Å². The average molecular weight is 307 g/mol. The topological polar surface area (TPSA) is 63.6 Å². The van der Waals surface area contributed by atoms with Crippen molar-refractivity contribution in [1.29, 1.82) is 0 Å². The van der Waals surface area contributed by atoms with Crippen LogP contribution in [0.4, 0.5) is 0 Å². The second kappa shape index (κ2) is 7.12. The summed E-state index contributed by atoms with van der Waals surface area (Å²) in [7, 11) is -2.96. The molecular formula is C13H19ClO4S. The Labute approximate surface area is 119 Å². The smallest absolute Gasteiger partial charge is 0.150 e. The van der Waals surface area contributed by atoms with Crippen LogP contribution in [0.1, 0.15) is 31.9 Å². The van der Waals surface area contributed by atoms with Crippen molar-refractivity contribution in [3.05, 3.63) is 28.8 Å². The zero-order chi connectivity index (χ0) is 14.5. The highest BCUT2D eigenvalue weighted by molar-refractivity contribution is 7.91. The molecule has 0 fully saturated rings. The van der Waals surface area contributed by atoms with Gasteiger partial charge in [0.1, 0.15) is 15.6 Å². The summed E-state index contributed by atoms with van der Waals surface area (Å²) < 4.78 is 28.1. The average Bonchev–Trinajstić information content (AvgIpc) is 2.36. The summed E-state index contributed by atoms with van der Waals surface area (Å²) in [6.07, 6.45) is -0.258. The number of ether oxygens (including phenoxy) is 1. The third-order valence-corrected chi connectivity index (χ3v) is 4.74. The van der Waals surface area contributed by atoms with Gasteiger partial charge in [0.25, 0.3) is 0 Å². The van der Waals surface area contributed by atoms with Gasteiger partial charge in [-0.15, -0.1) is 0 Å². The van der Waals surface area contributed by atoms with Gasteiger partial charge in [0.05, 0.1) is 18.5 Å². The van der Waals surface area contributed by atoms with Crippen LogP contribution in [-0.4, -0.2) is 31.6 Å². The summed E-state index contributed by atoms with van der Waals surface area (Å²) in [6, 6.07) is 4.99. The standard InChI is InChI=1S/C13H19ClO4S/c1-3-19(16,17)8-4-7-18-13-6-5-11(14)9-12(13)10(2)15/h5-6,9-10,15H,3-4,7-8H2,1-2H3. The third kappa shape index (κ3) is 5.38. The van der Waals surface area contributed by atoms with Crippen LogP contribution in [0.15, 0.2) is 18.2 Å². The third-order valence-electron chi connectivity index (χ3n) is 2.72. The van der Waals surface area contributed by atoms with Crippen LogP contribution in [0.2, 0.25) is 5.02 Å². The van der Waals surface area contributed by atoms with Crippen LogP contribution in [0, 0.1) is 0 Å². The first-order valence-corrected chi connectivity index (χ1v) is 8.36. The molecule has 1 atom stereocenters. The van der Waals surface area contributed by atoms with Gasteiger partial charge in [-0.05, 0) is 31.5 Å². The SMILES string of the molecule is CCS(=O)(=O)CCCOc1ccc(Cl)cc1C(C)O. The first-order chi connectivity index (χ1) is 8.85. The molecule has 0 radical (unpaired) electrons. The number of sulfone groups is 1. The Morgan fingerprint density at radius 3 is 2.68 bits per heavy atom. The normalized spacial score (nSPS) is 13.3. The van der Waals surface area contributed by atoms with Crippen molar-refractivity contribution in [1.82, 2.24) is 0 Å². The molecule has 0 spiro atoms. The Balaban J connectivity index is 2.59. The maximum absolute atomic E-state index is 11.3. The van der Waals surface area contributed by atoms with E-state index < -0.39 is 15.9 Å². The highest BCUT2D eigenvalue weighted by atomic mass is 35.5. The van der Waals surface area contributed by atoms with Crippen LogP contribution in [-0.2, 0) is 9.84 Å². The van der Waals surface area contributed by atoms with E-state index >= 15 is 0 Å². The first kappa shape index (κ1) is 16.3. The van der Waals surface area contributed by atoms with Crippen LogP contribution < -0.4 is 4.74 Å². The molecule has 0 amide bonds. The first-order valence-electron chi connectivity index (χ1n) is 6.16. The van der Waals surface area contributed by atoms with E-state index in [9.17, 15) is 13.5 Å². The maximum Gasteiger partial charge on any atom is 0.150 e. The highest BCUT2D eigenvalue weighted by Gasteiger charge is 2.11. The quantitative estimate of drug-likeness (QED) is 0.787. The van der Waals surface area contributed by atoms with E-state index in [1.54, 1.807) is 32.0 Å². The number of rotatable bonds is 7. The molecule has 1 aromatic carbocycles. The van der Waals surface area contributed by atoms with Gasteiger partial charge in [-0.1, -0.05) is 18.5 Å². The molecule has 0 bridgehead atoms. The summed E-state index contributed by atoms with van der Waals surface area (Å²) >= 11 is 5.85. The predicted octanol–water partition coefficient (Wildman–Crippen LogP) is 2.60. The van der Waals surface area contributed by atoms with E-state index in [0.717, 1.165) is 0 Å². The Bertz CT molecular complexity index is 511. The number of benzene rings is 1. The lowest BCUT2D eigenvalue weighted by atomic mass is 10.1. The molecule has 19 heavy (non-hydrogen) atoms. The van der Waals surface area contributed by atoms with Crippen LogP contribution in [0.5, 0.6) is 5.75 Å². The number of hydrogen-bond donors (Lipinski definition) is 1. The van der Waals surface area contributed by atoms with Crippen LogP contribution >= 0.6 is 11.6 Å². The van der Waals surface area contributed by atoms with Crippen LogP contribution in [0.25, 0.3) is 0 Å². The van der Waals surface area contributed by atoms with Gasteiger partial charge >= 0.3 is 0 Å². The summed E-state index contributed by atoms with van der Waals surface area (Å²) in [5.74, 6) is 0.793. The molecule has 0 aromatic heterocycles. The van der Waals surface area contributed by atoms with E-state index in [1.807, 2.05) is 0 Å². The lowest BCUT2D eigenvalue weighted by Gasteiger charge is -2.13. The van der Waals surface area contributed by atoms with Gasteiger partial charge in [-0.3, -0.25) is 0 Å². The molecule has 1 aromatic rings. The molecule has 0 saturated carbocycles. The summed E-state index contributed by atoms with van der Waals surface area (Å²) in [6.45, 7) is 3.54. The van der Waals surface area contributed by atoms with Crippen molar-refractivity contribution in [2.45, 2.75) is 26.4 Å². The lowest BCUT2D eigenvalue weighted by Crippen LogP contribution is -2.12. The largest absolute Gasteiger partial charge is 0.493 e.